The number of rotatable bonds is 10. The zero-order valence-corrected chi connectivity index (χ0v) is 19.3. The Morgan fingerprint density at radius 3 is 2.35 bits per heavy atom. The van der Waals surface area contributed by atoms with Gasteiger partial charge in [-0.25, -0.2) is 4.79 Å². The molecule has 0 aliphatic rings. The van der Waals surface area contributed by atoms with Crippen LogP contribution < -0.4 is 10.1 Å². The quantitative estimate of drug-likeness (QED) is 0.547. The first-order valence-corrected chi connectivity index (χ1v) is 10.7. The fourth-order valence-electron chi connectivity index (χ4n) is 3.07. The summed E-state index contributed by atoms with van der Waals surface area (Å²) in [7, 11) is 0. The van der Waals surface area contributed by atoms with Gasteiger partial charge >= 0.3 is 5.97 Å². The molecular weight excluding hydrogens is 418 g/mol. The molecule has 1 amide bonds. The molecule has 1 unspecified atom stereocenters. The Kier molecular flexibility index (Phi) is 8.89. The summed E-state index contributed by atoms with van der Waals surface area (Å²) in [6.45, 7) is 9.67. The number of benzene rings is 2. The van der Waals surface area contributed by atoms with E-state index in [0.29, 0.717) is 22.9 Å². The number of carboxylic acids is 1. The summed E-state index contributed by atoms with van der Waals surface area (Å²) in [5.74, 6) is -0.683. The summed E-state index contributed by atoms with van der Waals surface area (Å²) >= 11 is 6.26. The zero-order valence-electron chi connectivity index (χ0n) is 18.6. The molecule has 2 N–H and O–H groups in total. The molecule has 2 aromatic carbocycles. The van der Waals surface area contributed by atoms with Crippen molar-refractivity contribution in [3.05, 3.63) is 63.7 Å². The zero-order chi connectivity index (χ0) is 23.1. The number of halogens is 1. The monoisotopic (exact) mass is 447 g/mol. The highest BCUT2D eigenvalue weighted by Gasteiger charge is 2.20. The largest absolute Gasteiger partial charge is 0.491 e. The number of hydrogen-bond donors (Lipinski definition) is 2. The molecule has 0 bridgehead atoms. The number of carboxylic acid groups (broad SMARTS) is 1. The second kappa shape index (κ2) is 11.2. The molecule has 0 radical (unpaired) electrons. The topological polar surface area (TPSA) is 84.9 Å². The number of aliphatic carboxylic acids is 1. The van der Waals surface area contributed by atoms with E-state index in [-0.39, 0.29) is 24.5 Å². The molecule has 2 rings (SSSR count). The predicted octanol–water partition coefficient (Wildman–Crippen LogP) is 4.79. The number of hydrogen-bond acceptors (Lipinski definition) is 4. The van der Waals surface area contributed by atoms with Gasteiger partial charge in [0.1, 0.15) is 5.75 Å². The van der Waals surface area contributed by atoms with Crippen molar-refractivity contribution in [3.63, 3.8) is 0 Å². The van der Waals surface area contributed by atoms with E-state index in [1.807, 2.05) is 39.0 Å². The van der Waals surface area contributed by atoms with Crippen LogP contribution in [0.4, 0.5) is 0 Å². The second-order valence-corrected chi connectivity index (χ2v) is 8.37. The van der Waals surface area contributed by atoms with E-state index in [1.165, 1.54) is 0 Å². The lowest BCUT2D eigenvalue weighted by molar-refractivity contribution is -0.153. The highest BCUT2D eigenvalue weighted by atomic mass is 35.5. The summed E-state index contributed by atoms with van der Waals surface area (Å²) in [4.78, 5) is 24.1. The fraction of sp³-hybridized carbons (Fsp3) is 0.417. The van der Waals surface area contributed by atoms with E-state index in [1.54, 1.807) is 32.0 Å². The van der Waals surface area contributed by atoms with Crippen molar-refractivity contribution in [2.24, 2.45) is 0 Å². The van der Waals surface area contributed by atoms with Gasteiger partial charge in [0.15, 0.2) is 6.10 Å². The van der Waals surface area contributed by atoms with Gasteiger partial charge in [-0.3, -0.25) is 4.79 Å². The number of aryl methyl sites for hydroxylation is 1. The van der Waals surface area contributed by atoms with Crippen LogP contribution in [0.5, 0.6) is 5.75 Å². The van der Waals surface area contributed by atoms with Gasteiger partial charge in [0, 0.05) is 13.0 Å². The van der Waals surface area contributed by atoms with Crippen molar-refractivity contribution in [2.45, 2.75) is 65.9 Å². The highest BCUT2D eigenvalue weighted by Crippen LogP contribution is 2.24. The molecule has 31 heavy (non-hydrogen) atoms. The van der Waals surface area contributed by atoms with Crippen LogP contribution in [0.3, 0.4) is 0 Å². The van der Waals surface area contributed by atoms with Gasteiger partial charge in [0.05, 0.1) is 22.8 Å². The number of nitrogens with one attached hydrogen (secondary N) is 1. The molecule has 2 aromatic rings. The Labute approximate surface area is 188 Å². The summed E-state index contributed by atoms with van der Waals surface area (Å²) in [5, 5.41) is 12.6. The predicted molar refractivity (Wildman–Crippen MR) is 121 cm³/mol. The van der Waals surface area contributed by atoms with Crippen molar-refractivity contribution < 1.29 is 24.2 Å². The lowest BCUT2D eigenvalue weighted by Crippen LogP contribution is -2.29. The van der Waals surface area contributed by atoms with E-state index in [4.69, 9.17) is 21.1 Å². The fourth-order valence-corrected chi connectivity index (χ4v) is 3.33. The van der Waals surface area contributed by atoms with Crippen LogP contribution in [0.15, 0.2) is 36.4 Å². The Morgan fingerprint density at radius 2 is 1.77 bits per heavy atom. The molecule has 0 aliphatic carbocycles. The van der Waals surface area contributed by atoms with Crippen LogP contribution in [0.25, 0.3) is 0 Å². The van der Waals surface area contributed by atoms with Gasteiger partial charge in [-0.15, -0.1) is 0 Å². The first kappa shape index (κ1) is 24.7. The maximum absolute atomic E-state index is 12.6. The normalized spacial score (nSPS) is 12.1. The maximum atomic E-state index is 12.6. The summed E-state index contributed by atoms with van der Waals surface area (Å²) < 4.78 is 11.1. The van der Waals surface area contributed by atoms with Crippen LogP contribution in [0, 0.1) is 6.92 Å². The van der Waals surface area contributed by atoms with E-state index < -0.39 is 12.1 Å². The molecule has 0 heterocycles. The van der Waals surface area contributed by atoms with Gasteiger partial charge in [0.25, 0.3) is 5.91 Å². The third-order valence-corrected chi connectivity index (χ3v) is 4.86. The Bertz CT molecular complexity index is 926. The maximum Gasteiger partial charge on any atom is 0.333 e. The summed E-state index contributed by atoms with van der Waals surface area (Å²) in [6.07, 6.45) is -0.849. The van der Waals surface area contributed by atoms with Gasteiger partial charge in [0.2, 0.25) is 0 Å². The molecule has 0 saturated carbocycles. The van der Waals surface area contributed by atoms with Crippen LogP contribution >= 0.6 is 11.6 Å². The Morgan fingerprint density at radius 1 is 1.06 bits per heavy atom. The number of ether oxygens (including phenoxy) is 2. The number of carbonyl (C=O) groups is 2. The molecule has 168 valence electrons. The Hall–Kier alpha value is -2.57. The number of carbonyl (C=O) groups excluding carboxylic acids is 1. The molecule has 1 atom stereocenters. The van der Waals surface area contributed by atoms with Gasteiger partial charge in [-0.1, -0.05) is 29.8 Å². The molecule has 0 aliphatic heterocycles. The molecule has 6 nitrogen and oxygen atoms in total. The first-order chi connectivity index (χ1) is 14.6. The minimum Gasteiger partial charge on any atom is -0.491 e. The molecule has 7 heteroatoms. The van der Waals surface area contributed by atoms with Gasteiger partial charge in [-0.2, -0.15) is 0 Å². The standard InChI is InChI=1S/C24H30ClNO5/c1-14(2)30-19-8-9-20(21(25)12-19)23(27)26-13-18-10-17(7-6-16(18)5)11-22(24(28)29)31-15(3)4/h6-10,12,14-15,22H,11,13H2,1-5H3,(H,26,27)(H,28,29). The summed E-state index contributed by atoms with van der Waals surface area (Å²) in [6, 6.07) is 10.7. The van der Waals surface area contributed by atoms with E-state index >= 15 is 0 Å². The molecular formula is C24H30ClNO5. The van der Waals surface area contributed by atoms with Crippen molar-refractivity contribution in [2.75, 3.05) is 0 Å². The van der Waals surface area contributed by atoms with Crippen molar-refractivity contribution in [1.29, 1.82) is 0 Å². The minimum atomic E-state index is -0.997. The lowest BCUT2D eigenvalue weighted by Gasteiger charge is -2.17. The molecule has 0 saturated heterocycles. The third-order valence-electron chi connectivity index (χ3n) is 4.54. The summed E-state index contributed by atoms with van der Waals surface area (Å²) in [5.41, 5.74) is 3.09. The molecule has 0 spiro atoms. The van der Waals surface area contributed by atoms with Gasteiger partial charge in [-0.05, 0) is 69.5 Å². The van der Waals surface area contributed by atoms with Gasteiger partial charge < -0.3 is 19.9 Å². The van der Waals surface area contributed by atoms with E-state index in [2.05, 4.69) is 5.32 Å². The average molecular weight is 448 g/mol. The van der Waals surface area contributed by atoms with Crippen LogP contribution in [-0.2, 0) is 22.5 Å². The molecule has 0 fully saturated rings. The average Bonchev–Trinajstić information content (AvgIpc) is 2.66. The lowest BCUT2D eigenvalue weighted by atomic mass is 10.0. The van der Waals surface area contributed by atoms with Crippen LogP contribution in [0.1, 0.15) is 54.7 Å². The molecule has 0 aromatic heterocycles. The minimum absolute atomic E-state index is 0.0117. The first-order valence-electron chi connectivity index (χ1n) is 10.3. The van der Waals surface area contributed by atoms with Crippen LogP contribution in [-0.4, -0.2) is 35.3 Å². The van der Waals surface area contributed by atoms with E-state index in [0.717, 1.165) is 16.7 Å². The van der Waals surface area contributed by atoms with Crippen molar-refractivity contribution in [3.8, 4) is 5.75 Å². The van der Waals surface area contributed by atoms with Crippen LogP contribution in [0.2, 0.25) is 5.02 Å². The van der Waals surface area contributed by atoms with Crippen molar-refractivity contribution >= 4 is 23.5 Å². The second-order valence-electron chi connectivity index (χ2n) is 7.97. The SMILES string of the molecule is Cc1ccc(CC(OC(C)C)C(=O)O)cc1CNC(=O)c1ccc(OC(C)C)cc1Cl. The highest BCUT2D eigenvalue weighted by molar-refractivity contribution is 6.34. The van der Waals surface area contributed by atoms with Crippen molar-refractivity contribution in [1.82, 2.24) is 5.32 Å². The van der Waals surface area contributed by atoms with E-state index in [9.17, 15) is 14.7 Å². The number of amides is 1. The Balaban J connectivity index is 2.08. The smallest absolute Gasteiger partial charge is 0.333 e. The third kappa shape index (κ3) is 7.56.